The van der Waals surface area contributed by atoms with Crippen LogP contribution in [-0.4, -0.2) is 10.7 Å². The molecule has 0 spiro atoms. The second kappa shape index (κ2) is 6.90. The van der Waals surface area contributed by atoms with Gasteiger partial charge in [0, 0.05) is 0 Å². The molecule has 76 valence electrons. The minimum Gasteiger partial charge on any atom is -0.389 e. The van der Waals surface area contributed by atoms with Crippen molar-refractivity contribution in [3.05, 3.63) is 25.3 Å². The van der Waals surface area contributed by atoms with Crippen LogP contribution in [0.3, 0.4) is 0 Å². The normalized spacial score (nSPS) is 11.2. The summed E-state index contributed by atoms with van der Waals surface area (Å²) in [4.78, 5) is 0. The van der Waals surface area contributed by atoms with E-state index in [2.05, 4.69) is 20.1 Å². The first-order valence-corrected chi connectivity index (χ1v) is 5.12. The van der Waals surface area contributed by atoms with E-state index in [4.69, 9.17) is 0 Å². The van der Waals surface area contributed by atoms with E-state index in [-0.39, 0.29) is 0 Å². The van der Waals surface area contributed by atoms with E-state index in [0.29, 0.717) is 12.8 Å². The van der Waals surface area contributed by atoms with Gasteiger partial charge in [0.05, 0.1) is 5.60 Å². The molecule has 0 unspecified atom stereocenters. The van der Waals surface area contributed by atoms with Crippen molar-refractivity contribution in [3.63, 3.8) is 0 Å². The van der Waals surface area contributed by atoms with E-state index in [1.165, 1.54) is 12.8 Å². The van der Waals surface area contributed by atoms with Crippen molar-refractivity contribution in [2.24, 2.45) is 0 Å². The van der Waals surface area contributed by atoms with Crippen LogP contribution in [-0.2, 0) is 0 Å². The summed E-state index contributed by atoms with van der Waals surface area (Å²) in [5.41, 5.74) is -0.585. The fourth-order valence-electron chi connectivity index (χ4n) is 1.53. The first-order valence-electron chi connectivity index (χ1n) is 5.12. The highest BCUT2D eigenvalue weighted by molar-refractivity contribution is 4.91. The summed E-state index contributed by atoms with van der Waals surface area (Å²) in [7, 11) is 0. The summed E-state index contributed by atoms with van der Waals surface area (Å²) in [6.07, 6.45) is 9.25. The van der Waals surface area contributed by atoms with E-state index >= 15 is 0 Å². The van der Waals surface area contributed by atoms with Gasteiger partial charge < -0.3 is 5.11 Å². The molecule has 0 rings (SSSR count). The van der Waals surface area contributed by atoms with Gasteiger partial charge in [-0.05, 0) is 19.3 Å². The Morgan fingerprint density at radius 2 is 1.69 bits per heavy atom. The smallest absolute Gasteiger partial charge is 0.0716 e. The van der Waals surface area contributed by atoms with Crippen LogP contribution in [0.4, 0.5) is 0 Å². The third-order valence-corrected chi connectivity index (χ3v) is 2.29. The molecular formula is C12H22O. The van der Waals surface area contributed by atoms with E-state index in [1.807, 2.05) is 0 Å². The van der Waals surface area contributed by atoms with Gasteiger partial charge >= 0.3 is 0 Å². The van der Waals surface area contributed by atoms with Crippen molar-refractivity contribution in [2.45, 2.75) is 51.0 Å². The molecule has 0 aliphatic rings. The standard InChI is InChI=1S/C12H22O/c1-4-7-8-11-12(13,9-5-2)10-6-3/h5-6,13H,2-4,7-11H2,1H3. The fourth-order valence-corrected chi connectivity index (χ4v) is 1.53. The Labute approximate surface area is 82.2 Å². The van der Waals surface area contributed by atoms with Crippen LogP contribution in [0.1, 0.15) is 45.4 Å². The van der Waals surface area contributed by atoms with Crippen LogP contribution in [0, 0.1) is 0 Å². The van der Waals surface area contributed by atoms with Gasteiger partial charge in [-0.3, -0.25) is 0 Å². The van der Waals surface area contributed by atoms with E-state index in [0.717, 1.165) is 12.8 Å². The lowest BCUT2D eigenvalue weighted by Crippen LogP contribution is -2.26. The van der Waals surface area contributed by atoms with Gasteiger partial charge in [0.1, 0.15) is 0 Å². The van der Waals surface area contributed by atoms with Crippen molar-refractivity contribution in [2.75, 3.05) is 0 Å². The Kier molecular flexibility index (Phi) is 6.61. The summed E-state index contributed by atoms with van der Waals surface area (Å²) < 4.78 is 0. The highest BCUT2D eigenvalue weighted by atomic mass is 16.3. The topological polar surface area (TPSA) is 20.2 Å². The molecule has 1 heteroatoms. The molecule has 0 radical (unpaired) electrons. The predicted molar refractivity (Wildman–Crippen MR) is 58.7 cm³/mol. The largest absolute Gasteiger partial charge is 0.389 e. The molecule has 0 aromatic carbocycles. The average molecular weight is 182 g/mol. The zero-order chi connectivity index (χ0) is 10.2. The number of rotatable bonds is 8. The highest BCUT2D eigenvalue weighted by Crippen LogP contribution is 2.23. The zero-order valence-corrected chi connectivity index (χ0v) is 8.76. The summed E-state index contributed by atoms with van der Waals surface area (Å²) in [6.45, 7) is 9.49. The molecule has 0 fully saturated rings. The van der Waals surface area contributed by atoms with E-state index in [1.54, 1.807) is 12.2 Å². The van der Waals surface area contributed by atoms with E-state index in [9.17, 15) is 5.11 Å². The molecule has 0 heterocycles. The maximum atomic E-state index is 10.1. The van der Waals surface area contributed by atoms with Crippen LogP contribution in [0.25, 0.3) is 0 Å². The van der Waals surface area contributed by atoms with Gasteiger partial charge in [-0.2, -0.15) is 0 Å². The van der Waals surface area contributed by atoms with Crippen LogP contribution in [0.2, 0.25) is 0 Å². The minimum absolute atomic E-state index is 0.585. The van der Waals surface area contributed by atoms with E-state index < -0.39 is 5.60 Å². The maximum Gasteiger partial charge on any atom is 0.0716 e. The molecule has 1 N–H and O–H groups in total. The molecule has 0 aromatic rings. The van der Waals surface area contributed by atoms with Gasteiger partial charge in [0.2, 0.25) is 0 Å². The van der Waals surface area contributed by atoms with Crippen LogP contribution < -0.4 is 0 Å². The molecule has 0 saturated carbocycles. The summed E-state index contributed by atoms with van der Waals surface area (Å²) in [5.74, 6) is 0. The molecule has 0 saturated heterocycles. The lowest BCUT2D eigenvalue weighted by atomic mass is 9.89. The van der Waals surface area contributed by atoms with Gasteiger partial charge in [-0.1, -0.05) is 38.3 Å². The Bertz CT molecular complexity index is 139. The van der Waals surface area contributed by atoms with Gasteiger partial charge in [0.15, 0.2) is 0 Å². The SMILES string of the molecule is C=CCC(O)(CC=C)CCCCC. The Morgan fingerprint density at radius 1 is 1.15 bits per heavy atom. The molecule has 0 amide bonds. The summed E-state index contributed by atoms with van der Waals surface area (Å²) in [6, 6.07) is 0. The van der Waals surface area contributed by atoms with Gasteiger partial charge in [-0.25, -0.2) is 0 Å². The molecule has 0 aliphatic heterocycles. The Balaban J connectivity index is 3.90. The summed E-state index contributed by atoms with van der Waals surface area (Å²) >= 11 is 0. The molecule has 13 heavy (non-hydrogen) atoms. The number of hydrogen-bond donors (Lipinski definition) is 1. The summed E-state index contributed by atoms with van der Waals surface area (Å²) in [5, 5.41) is 10.1. The number of unbranched alkanes of at least 4 members (excludes halogenated alkanes) is 2. The Morgan fingerprint density at radius 3 is 2.08 bits per heavy atom. The minimum atomic E-state index is -0.585. The van der Waals surface area contributed by atoms with Gasteiger partial charge in [-0.15, -0.1) is 13.2 Å². The number of hydrogen-bond acceptors (Lipinski definition) is 1. The molecule has 1 nitrogen and oxygen atoms in total. The lowest BCUT2D eigenvalue weighted by molar-refractivity contribution is 0.0349. The van der Waals surface area contributed by atoms with Crippen LogP contribution >= 0.6 is 0 Å². The second-order valence-electron chi connectivity index (χ2n) is 3.67. The highest BCUT2D eigenvalue weighted by Gasteiger charge is 2.22. The zero-order valence-electron chi connectivity index (χ0n) is 8.76. The first-order chi connectivity index (χ1) is 6.18. The van der Waals surface area contributed by atoms with Crippen molar-refractivity contribution in [3.8, 4) is 0 Å². The quantitative estimate of drug-likeness (QED) is 0.450. The maximum absolute atomic E-state index is 10.1. The predicted octanol–water partition coefficient (Wildman–Crippen LogP) is 3.45. The number of aliphatic hydroxyl groups is 1. The third kappa shape index (κ3) is 5.64. The average Bonchev–Trinajstić information content (AvgIpc) is 2.05. The lowest BCUT2D eigenvalue weighted by Gasteiger charge is -2.25. The monoisotopic (exact) mass is 182 g/mol. The molecule has 0 atom stereocenters. The van der Waals surface area contributed by atoms with Crippen molar-refractivity contribution < 1.29 is 5.11 Å². The Hall–Kier alpha value is -0.560. The van der Waals surface area contributed by atoms with Crippen LogP contribution in [0.5, 0.6) is 0 Å². The first kappa shape index (κ1) is 12.4. The molecule has 0 aromatic heterocycles. The molecular weight excluding hydrogens is 160 g/mol. The second-order valence-corrected chi connectivity index (χ2v) is 3.67. The fraction of sp³-hybridized carbons (Fsp3) is 0.667. The molecule has 0 bridgehead atoms. The van der Waals surface area contributed by atoms with Crippen molar-refractivity contribution in [1.82, 2.24) is 0 Å². The molecule has 0 aliphatic carbocycles. The van der Waals surface area contributed by atoms with Crippen LogP contribution in [0.15, 0.2) is 25.3 Å². The van der Waals surface area contributed by atoms with Crippen molar-refractivity contribution >= 4 is 0 Å². The van der Waals surface area contributed by atoms with Gasteiger partial charge in [0.25, 0.3) is 0 Å². The van der Waals surface area contributed by atoms with Crippen molar-refractivity contribution in [1.29, 1.82) is 0 Å². The third-order valence-electron chi connectivity index (χ3n) is 2.29.